The van der Waals surface area contributed by atoms with Crippen molar-refractivity contribution < 1.29 is 9.47 Å². The first-order chi connectivity index (χ1) is 23.7. The Hall–Kier alpha value is -4.11. The number of fused-ring (bicyclic) bond motifs is 5. The van der Waals surface area contributed by atoms with Crippen molar-refractivity contribution in [2.24, 2.45) is 0 Å². The van der Waals surface area contributed by atoms with Crippen molar-refractivity contribution in [2.45, 2.75) is 116 Å². The first-order valence-corrected chi connectivity index (χ1v) is 22.9. The number of hydrogen-bond acceptors (Lipinski definition) is 4. The Balaban J connectivity index is 1.68. The summed E-state index contributed by atoms with van der Waals surface area (Å²) >= 11 is 0. The molecule has 1 aliphatic heterocycles. The minimum absolute atomic E-state index is 0.355. The predicted molar refractivity (Wildman–Crippen MR) is 217 cm³/mol. The fourth-order valence-electron chi connectivity index (χ4n) is 9.08. The van der Waals surface area contributed by atoms with Gasteiger partial charge in [0.2, 0.25) is 0 Å². The van der Waals surface area contributed by atoms with Gasteiger partial charge in [0.1, 0.15) is 16.1 Å². The molecule has 0 bridgehead atoms. The van der Waals surface area contributed by atoms with Crippen LogP contribution in [0.4, 0.5) is 0 Å². The third-order valence-electron chi connectivity index (χ3n) is 11.5. The zero-order valence-corrected chi connectivity index (χ0v) is 33.9. The molecule has 0 amide bonds. The van der Waals surface area contributed by atoms with E-state index in [-0.39, 0.29) is 0 Å². The van der Waals surface area contributed by atoms with Crippen LogP contribution in [0.25, 0.3) is 32.6 Å². The monoisotopic (exact) mass is 696 g/mol. The van der Waals surface area contributed by atoms with Gasteiger partial charge in [-0.05, 0) is 56.2 Å². The summed E-state index contributed by atoms with van der Waals surface area (Å²) in [7, 11) is -4.15. The average molecular weight is 697 g/mol. The summed E-state index contributed by atoms with van der Waals surface area (Å²) in [6.07, 6.45) is 0. The first kappa shape index (κ1) is 35.7. The van der Waals surface area contributed by atoms with E-state index in [1.807, 2.05) is 12.1 Å². The Labute approximate surface area is 301 Å². The first-order valence-electron chi connectivity index (χ1n) is 18.4. The van der Waals surface area contributed by atoms with Crippen LogP contribution in [-0.2, 0) is 0 Å². The number of benzene rings is 4. The molecular weight excluding hydrogens is 645 g/mol. The van der Waals surface area contributed by atoms with Crippen LogP contribution in [0.2, 0.25) is 33.2 Å². The fourth-order valence-corrected chi connectivity index (χ4v) is 19.5. The summed E-state index contributed by atoms with van der Waals surface area (Å²) in [5.41, 5.74) is 14.1. The maximum atomic E-state index is 6.86. The van der Waals surface area contributed by atoms with Gasteiger partial charge in [0.15, 0.2) is 11.5 Å². The van der Waals surface area contributed by atoms with Crippen LogP contribution in [0.15, 0.2) is 60.7 Å². The van der Waals surface area contributed by atoms with Gasteiger partial charge in [0.05, 0.1) is 22.2 Å². The summed E-state index contributed by atoms with van der Waals surface area (Å²) in [6.45, 7) is 28.2. The van der Waals surface area contributed by atoms with Gasteiger partial charge in [-0.25, -0.2) is 9.97 Å². The lowest BCUT2D eigenvalue weighted by Gasteiger charge is -2.38. The molecule has 2 heterocycles. The lowest BCUT2D eigenvalue weighted by molar-refractivity contribution is 0.338. The third-order valence-corrected chi connectivity index (χ3v) is 24.1. The molecule has 0 N–H and O–H groups in total. The normalized spacial score (nSPS) is 13.1. The molecule has 1 aliphatic rings. The van der Waals surface area contributed by atoms with E-state index in [2.05, 4.69) is 155 Å². The van der Waals surface area contributed by atoms with Crippen LogP contribution in [0.1, 0.15) is 94.2 Å². The summed E-state index contributed by atoms with van der Waals surface area (Å²) < 4.78 is 13.7. The molecule has 0 saturated heterocycles. The molecule has 5 aromatic rings. The number of hydrogen-bond donors (Lipinski definition) is 0. The molecule has 4 aromatic carbocycles. The van der Waals surface area contributed by atoms with Gasteiger partial charge < -0.3 is 9.47 Å². The highest BCUT2D eigenvalue weighted by molar-refractivity contribution is 6.91. The van der Waals surface area contributed by atoms with E-state index in [4.69, 9.17) is 19.4 Å². The molecule has 50 heavy (non-hydrogen) atoms. The minimum Gasteiger partial charge on any atom is -0.429 e. The second-order valence-electron chi connectivity index (χ2n) is 16.0. The molecular formula is C44H52N2O2Si2. The van der Waals surface area contributed by atoms with Crippen molar-refractivity contribution in [2.75, 3.05) is 0 Å². The highest BCUT2D eigenvalue weighted by Gasteiger charge is 2.43. The van der Waals surface area contributed by atoms with Crippen molar-refractivity contribution >= 4 is 48.7 Å². The van der Waals surface area contributed by atoms with Crippen molar-refractivity contribution in [3.63, 3.8) is 0 Å². The Morgan fingerprint density at radius 3 is 1.12 bits per heavy atom. The topological polar surface area (TPSA) is 44.2 Å². The Bertz CT molecular complexity index is 2030. The molecule has 0 radical (unpaired) electrons. The van der Waals surface area contributed by atoms with Gasteiger partial charge in [0, 0.05) is 10.8 Å². The number of aromatic nitrogens is 2. The summed E-state index contributed by atoms with van der Waals surface area (Å²) in [5.74, 6) is 9.42. The van der Waals surface area contributed by atoms with Crippen molar-refractivity contribution in [1.82, 2.24) is 9.97 Å². The molecule has 6 heteroatoms. The van der Waals surface area contributed by atoms with Crippen molar-refractivity contribution in [1.29, 1.82) is 0 Å². The van der Waals surface area contributed by atoms with E-state index >= 15 is 0 Å². The second-order valence-corrected chi connectivity index (χ2v) is 27.1. The molecule has 4 nitrogen and oxygen atoms in total. The van der Waals surface area contributed by atoms with E-state index in [1.165, 1.54) is 0 Å². The quantitative estimate of drug-likeness (QED) is 0.0988. The highest BCUT2D eigenvalue weighted by atomic mass is 28.3. The molecule has 0 fully saturated rings. The summed E-state index contributed by atoms with van der Waals surface area (Å²) in [6, 6.07) is 20.9. The van der Waals surface area contributed by atoms with E-state index in [9.17, 15) is 0 Å². The summed E-state index contributed by atoms with van der Waals surface area (Å²) in [4.78, 5) is 9.97. The van der Waals surface area contributed by atoms with Crippen LogP contribution in [0.3, 0.4) is 0 Å². The molecule has 6 rings (SSSR count). The number of ether oxygens (including phenoxy) is 2. The lowest BCUT2D eigenvalue weighted by atomic mass is 9.97. The zero-order chi connectivity index (χ0) is 36.1. The van der Waals surface area contributed by atoms with E-state index in [0.29, 0.717) is 56.5 Å². The average Bonchev–Trinajstić information content (AvgIpc) is 3.05. The zero-order valence-electron chi connectivity index (χ0n) is 31.9. The van der Waals surface area contributed by atoms with Gasteiger partial charge in [-0.3, -0.25) is 0 Å². The van der Waals surface area contributed by atoms with Crippen LogP contribution >= 0.6 is 0 Å². The number of rotatable bonds is 6. The maximum absolute atomic E-state index is 6.86. The van der Waals surface area contributed by atoms with E-state index in [1.54, 1.807) is 0 Å². The molecule has 0 saturated carbocycles. The predicted octanol–water partition coefficient (Wildman–Crippen LogP) is 13.0. The van der Waals surface area contributed by atoms with Crippen LogP contribution in [0, 0.1) is 22.9 Å². The van der Waals surface area contributed by atoms with Gasteiger partial charge in [-0.15, -0.1) is 11.1 Å². The minimum atomic E-state index is -2.08. The highest BCUT2D eigenvalue weighted by Crippen LogP contribution is 2.51. The van der Waals surface area contributed by atoms with E-state index in [0.717, 1.165) is 43.7 Å². The van der Waals surface area contributed by atoms with Gasteiger partial charge >= 0.3 is 0 Å². The summed E-state index contributed by atoms with van der Waals surface area (Å²) in [5, 5.41) is 4.26. The Kier molecular flexibility index (Phi) is 9.68. The molecule has 0 spiro atoms. The Morgan fingerprint density at radius 1 is 0.480 bits per heavy atom. The standard InChI is InChI=1S/C44H52N2O2Si2/c1-27(2)49(28(3)4,29(5)6)23-21-37-35-19-15-16-20-36(35)38(22-24-50(30(7)8,31(9)10)32(11)12)42-41(37)47-43-44(48-42)46-40-26-34-18-14-13-17-33(34)25-39(40)45-43/h13-20,25-32H,1-12H3. The van der Waals surface area contributed by atoms with Crippen LogP contribution < -0.4 is 9.47 Å². The lowest BCUT2D eigenvalue weighted by Crippen LogP contribution is -2.43. The SMILES string of the molecule is CC(C)[Si](C#Cc1c2c(c(C#C[Si](C(C)C)(C(C)C)C(C)C)c3ccccc13)Oc1nc3cc4ccccc4cc3nc1O2)(C(C)C)C(C)C. The fraction of sp³-hybridized carbons (Fsp3) is 0.409. The van der Waals surface area contributed by atoms with E-state index < -0.39 is 16.1 Å². The maximum Gasteiger partial charge on any atom is 0.284 e. The smallest absolute Gasteiger partial charge is 0.284 e. The number of nitrogens with zero attached hydrogens (tertiary/aromatic N) is 2. The van der Waals surface area contributed by atoms with Gasteiger partial charge in [-0.1, -0.05) is 143 Å². The van der Waals surface area contributed by atoms with Crippen LogP contribution in [-0.4, -0.2) is 26.1 Å². The molecule has 0 unspecified atom stereocenters. The van der Waals surface area contributed by atoms with Crippen molar-refractivity contribution in [3.8, 4) is 46.2 Å². The van der Waals surface area contributed by atoms with Gasteiger partial charge in [-0.2, -0.15) is 0 Å². The van der Waals surface area contributed by atoms with Gasteiger partial charge in [0.25, 0.3) is 11.8 Å². The van der Waals surface area contributed by atoms with Crippen LogP contribution in [0.5, 0.6) is 23.3 Å². The van der Waals surface area contributed by atoms with Crippen molar-refractivity contribution in [3.05, 3.63) is 71.8 Å². The molecule has 0 atom stereocenters. The molecule has 258 valence electrons. The molecule has 1 aromatic heterocycles. The molecule has 0 aliphatic carbocycles. The Morgan fingerprint density at radius 2 is 0.800 bits per heavy atom. The largest absolute Gasteiger partial charge is 0.429 e. The third kappa shape index (κ3) is 5.81. The second kappa shape index (κ2) is 13.6.